The highest BCUT2D eigenvalue weighted by Crippen LogP contribution is 2.21. The van der Waals surface area contributed by atoms with Gasteiger partial charge in [0.2, 0.25) is 5.95 Å². The Balaban J connectivity index is 1.68. The average molecular weight is 422 g/mol. The van der Waals surface area contributed by atoms with E-state index < -0.39 is 0 Å². The van der Waals surface area contributed by atoms with E-state index in [0.717, 1.165) is 40.9 Å². The molecular formula is C23H27N5OS. The maximum atomic E-state index is 12.4. The standard InChI is InChI=1S/C23H27N5OS/c1-5-28(6-2)21-15-16(3)24-23(27-21)26-19-11-9-18(10-12-19)25-22(29)17-7-13-20(30-4)14-8-17/h7-15H,5-6H2,1-4H3,(H,25,29)(H,24,26,27). The van der Waals surface area contributed by atoms with Gasteiger partial charge in [0.25, 0.3) is 5.91 Å². The van der Waals surface area contributed by atoms with Gasteiger partial charge in [0, 0.05) is 46.7 Å². The third kappa shape index (κ3) is 5.51. The minimum absolute atomic E-state index is 0.130. The Bertz CT molecular complexity index is 985. The van der Waals surface area contributed by atoms with Crippen LogP contribution in [0.1, 0.15) is 29.9 Å². The lowest BCUT2D eigenvalue weighted by molar-refractivity contribution is 0.102. The lowest BCUT2D eigenvalue weighted by Gasteiger charge is -2.20. The molecule has 7 heteroatoms. The normalized spacial score (nSPS) is 10.5. The zero-order valence-electron chi connectivity index (χ0n) is 17.8. The van der Waals surface area contributed by atoms with Gasteiger partial charge in [-0.3, -0.25) is 4.79 Å². The second-order valence-corrected chi connectivity index (χ2v) is 7.63. The number of hydrogen-bond donors (Lipinski definition) is 2. The van der Waals surface area contributed by atoms with E-state index in [9.17, 15) is 4.79 Å². The summed E-state index contributed by atoms with van der Waals surface area (Å²) in [4.78, 5) is 24.9. The SMILES string of the molecule is CCN(CC)c1cc(C)nc(Nc2ccc(NC(=O)c3ccc(SC)cc3)cc2)n1. The number of nitrogens with one attached hydrogen (secondary N) is 2. The Morgan fingerprint density at radius 3 is 2.20 bits per heavy atom. The average Bonchev–Trinajstić information content (AvgIpc) is 2.75. The van der Waals surface area contributed by atoms with Gasteiger partial charge in [-0.1, -0.05) is 0 Å². The molecule has 156 valence electrons. The highest BCUT2D eigenvalue weighted by Gasteiger charge is 2.09. The first-order valence-corrected chi connectivity index (χ1v) is 11.2. The summed E-state index contributed by atoms with van der Waals surface area (Å²) in [6, 6.07) is 17.1. The van der Waals surface area contributed by atoms with Crippen molar-refractivity contribution in [1.82, 2.24) is 9.97 Å². The number of aromatic nitrogens is 2. The maximum absolute atomic E-state index is 12.4. The number of anilines is 4. The molecule has 0 spiro atoms. The molecule has 6 nitrogen and oxygen atoms in total. The van der Waals surface area contributed by atoms with Crippen LogP contribution in [0.3, 0.4) is 0 Å². The van der Waals surface area contributed by atoms with Crippen LogP contribution in [0.25, 0.3) is 0 Å². The van der Waals surface area contributed by atoms with Crippen LogP contribution < -0.4 is 15.5 Å². The zero-order valence-corrected chi connectivity index (χ0v) is 18.6. The Labute approximate surface area is 182 Å². The Kier molecular flexibility index (Phi) is 7.30. The first-order valence-electron chi connectivity index (χ1n) is 9.95. The summed E-state index contributed by atoms with van der Waals surface area (Å²) in [5, 5.41) is 6.17. The van der Waals surface area contributed by atoms with Gasteiger partial charge in [-0.15, -0.1) is 11.8 Å². The number of carbonyl (C=O) groups excluding carboxylic acids is 1. The van der Waals surface area contributed by atoms with Gasteiger partial charge in [-0.25, -0.2) is 4.98 Å². The van der Waals surface area contributed by atoms with Crippen molar-refractivity contribution < 1.29 is 4.79 Å². The van der Waals surface area contributed by atoms with Crippen LogP contribution in [-0.4, -0.2) is 35.2 Å². The quantitative estimate of drug-likeness (QED) is 0.478. The minimum atomic E-state index is -0.130. The highest BCUT2D eigenvalue weighted by atomic mass is 32.2. The summed E-state index contributed by atoms with van der Waals surface area (Å²) >= 11 is 1.65. The molecule has 0 aliphatic rings. The minimum Gasteiger partial charge on any atom is -0.357 e. The predicted octanol–water partition coefficient (Wildman–Crippen LogP) is 5.35. The van der Waals surface area contributed by atoms with Crippen molar-refractivity contribution in [3.63, 3.8) is 0 Å². The van der Waals surface area contributed by atoms with Crippen LogP contribution in [0.4, 0.5) is 23.1 Å². The molecule has 2 N–H and O–H groups in total. The molecule has 0 fully saturated rings. The van der Waals surface area contributed by atoms with Gasteiger partial charge in [0.05, 0.1) is 0 Å². The third-order valence-corrected chi connectivity index (χ3v) is 5.42. The van der Waals surface area contributed by atoms with E-state index >= 15 is 0 Å². The Morgan fingerprint density at radius 1 is 0.967 bits per heavy atom. The number of amides is 1. The molecule has 0 aliphatic heterocycles. The first kappa shape index (κ1) is 21.6. The van der Waals surface area contributed by atoms with E-state index in [1.807, 2.05) is 67.8 Å². The number of aryl methyl sites for hydroxylation is 1. The molecule has 0 radical (unpaired) electrons. The Hall–Kier alpha value is -3.06. The number of benzene rings is 2. The van der Waals surface area contributed by atoms with Gasteiger partial charge < -0.3 is 15.5 Å². The molecule has 0 saturated carbocycles. The lowest BCUT2D eigenvalue weighted by Crippen LogP contribution is -2.23. The van der Waals surface area contributed by atoms with Crippen LogP contribution >= 0.6 is 11.8 Å². The molecule has 1 aromatic heterocycles. The van der Waals surface area contributed by atoms with E-state index in [0.29, 0.717) is 11.5 Å². The first-order chi connectivity index (χ1) is 14.5. The number of rotatable bonds is 8. The number of hydrogen-bond acceptors (Lipinski definition) is 6. The fourth-order valence-electron chi connectivity index (χ4n) is 3.03. The monoisotopic (exact) mass is 421 g/mol. The van der Waals surface area contributed by atoms with Crippen LogP contribution in [-0.2, 0) is 0 Å². The van der Waals surface area contributed by atoms with E-state index in [-0.39, 0.29) is 5.91 Å². The van der Waals surface area contributed by atoms with E-state index in [4.69, 9.17) is 0 Å². The van der Waals surface area contributed by atoms with Crippen molar-refractivity contribution in [3.8, 4) is 0 Å². The second kappa shape index (κ2) is 10.1. The molecule has 1 amide bonds. The van der Waals surface area contributed by atoms with Crippen LogP contribution in [0.2, 0.25) is 0 Å². The summed E-state index contributed by atoms with van der Waals surface area (Å²) < 4.78 is 0. The summed E-state index contributed by atoms with van der Waals surface area (Å²) in [6.07, 6.45) is 2.01. The predicted molar refractivity (Wildman–Crippen MR) is 126 cm³/mol. The maximum Gasteiger partial charge on any atom is 0.255 e. The van der Waals surface area contributed by atoms with Crippen molar-refractivity contribution in [2.75, 3.05) is 34.9 Å². The van der Waals surface area contributed by atoms with Crippen molar-refractivity contribution in [2.24, 2.45) is 0 Å². The molecule has 3 rings (SSSR count). The molecular weight excluding hydrogens is 394 g/mol. The molecule has 3 aromatic rings. The topological polar surface area (TPSA) is 70.2 Å². The molecule has 0 aliphatic carbocycles. The van der Waals surface area contributed by atoms with Crippen molar-refractivity contribution in [1.29, 1.82) is 0 Å². The fraction of sp³-hybridized carbons (Fsp3) is 0.261. The fourth-order valence-corrected chi connectivity index (χ4v) is 3.44. The summed E-state index contributed by atoms with van der Waals surface area (Å²) in [5.41, 5.74) is 3.12. The molecule has 0 bridgehead atoms. The van der Waals surface area contributed by atoms with Gasteiger partial charge in [0.15, 0.2) is 0 Å². The number of nitrogens with zero attached hydrogens (tertiary/aromatic N) is 3. The molecule has 1 heterocycles. The number of thioether (sulfide) groups is 1. The van der Waals surface area contributed by atoms with Crippen molar-refractivity contribution in [2.45, 2.75) is 25.7 Å². The van der Waals surface area contributed by atoms with Crippen LogP contribution in [0.15, 0.2) is 59.5 Å². The zero-order chi connectivity index (χ0) is 21.5. The third-order valence-electron chi connectivity index (χ3n) is 4.68. The summed E-state index contributed by atoms with van der Waals surface area (Å²) in [5.74, 6) is 1.34. The smallest absolute Gasteiger partial charge is 0.255 e. The van der Waals surface area contributed by atoms with Gasteiger partial charge in [0.1, 0.15) is 5.82 Å². The molecule has 2 aromatic carbocycles. The van der Waals surface area contributed by atoms with Crippen LogP contribution in [0.5, 0.6) is 0 Å². The number of carbonyl (C=O) groups is 1. The van der Waals surface area contributed by atoms with Crippen molar-refractivity contribution >= 4 is 40.8 Å². The van der Waals surface area contributed by atoms with Crippen LogP contribution in [0, 0.1) is 6.92 Å². The second-order valence-electron chi connectivity index (χ2n) is 6.75. The Morgan fingerprint density at radius 2 is 1.60 bits per heavy atom. The summed E-state index contributed by atoms with van der Waals surface area (Å²) in [7, 11) is 0. The largest absolute Gasteiger partial charge is 0.357 e. The highest BCUT2D eigenvalue weighted by molar-refractivity contribution is 7.98. The van der Waals surface area contributed by atoms with E-state index in [2.05, 4.69) is 39.3 Å². The van der Waals surface area contributed by atoms with E-state index in [1.165, 1.54) is 0 Å². The van der Waals surface area contributed by atoms with Gasteiger partial charge >= 0.3 is 0 Å². The lowest BCUT2D eigenvalue weighted by atomic mass is 10.2. The van der Waals surface area contributed by atoms with Gasteiger partial charge in [-0.05, 0) is 75.6 Å². The summed E-state index contributed by atoms with van der Waals surface area (Å²) in [6.45, 7) is 7.96. The molecule has 0 saturated heterocycles. The van der Waals surface area contributed by atoms with E-state index in [1.54, 1.807) is 11.8 Å². The molecule has 0 unspecified atom stereocenters. The van der Waals surface area contributed by atoms with Crippen molar-refractivity contribution in [3.05, 3.63) is 65.9 Å². The molecule has 0 atom stereocenters. The molecule has 30 heavy (non-hydrogen) atoms. The van der Waals surface area contributed by atoms with Gasteiger partial charge in [-0.2, -0.15) is 4.98 Å².